The van der Waals surface area contributed by atoms with Crippen molar-refractivity contribution in [2.24, 2.45) is 0 Å². The molecule has 0 radical (unpaired) electrons. The van der Waals surface area contributed by atoms with Gasteiger partial charge in [0.2, 0.25) is 0 Å². The Hall–Kier alpha value is -1.40. The summed E-state index contributed by atoms with van der Waals surface area (Å²) >= 11 is 0. The normalized spacial score (nSPS) is 13.1. The summed E-state index contributed by atoms with van der Waals surface area (Å²) < 4.78 is 22.6. The third-order valence-electron chi connectivity index (χ3n) is 2.18. The number of hydrogen-bond donors (Lipinski definition) is 2. The monoisotopic (exact) mass is 257 g/mol. The molecule has 0 unspecified atom stereocenters. The van der Waals surface area contributed by atoms with Crippen LogP contribution in [0.2, 0.25) is 0 Å². The van der Waals surface area contributed by atoms with Gasteiger partial charge >= 0.3 is 0 Å². The quantitative estimate of drug-likeness (QED) is 0.807. The lowest BCUT2D eigenvalue weighted by Crippen LogP contribution is -2.35. The number of benzene rings is 1. The first-order chi connectivity index (χ1) is 7.84. The smallest absolute Gasteiger partial charge is 0.251 e. The van der Waals surface area contributed by atoms with Crippen molar-refractivity contribution in [1.29, 1.82) is 0 Å². The van der Waals surface area contributed by atoms with Gasteiger partial charge in [-0.1, -0.05) is 6.07 Å². The molecule has 1 aromatic rings. The molecule has 0 aliphatic heterocycles. The van der Waals surface area contributed by atoms with Gasteiger partial charge in [-0.05, 0) is 25.1 Å². The molecule has 0 heterocycles. The average Bonchev–Trinajstić information content (AvgIpc) is 2.28. The number of carbonyl (C=O) groups is 1. The van der Waals surface area contributed by atoms with Crippen LogP contribution in [0.4, 0.5) is 0 Å². The molecule has 6 heteroatoms. The van der Waals surface area contributed by atoms with E-state index in [0.717, 1.165) is 6.26 Å². The number of nitrogens with one attached hydrogen (secondary N) is 1. The molecule has 0 spiro atoms. The maximum Gasteiger partial charge on any atom is 0.251 e. The van der Waals surface area contributed by atoms with E-state index in [1.165, 1.54) is 24.3 Å². The van der Waals surface area contributed by atoms with Crippen LogP contribution in [0, 0.1) is 0 Å². The van der Waals surface area contributed by atoms with E-state index in [1.54, 1.807) is 6.92 Å². The first-order valence-corrected chi connectivity index (χ1v) is 6.95. The summed E-state index contributed by atoms with van der Waals surface area (Å²) in [6.45, 7) is 1.48. The molecular formula is C11H15NO4S. The summed E-state index contributed by atoms with van der Waals surface area (Å²) in [6.07, 6.45) is 1.08. The van der Waals surface area contributed by atoms with Crippen molar-refractivity contribution in [3.05, 3.63) is 29.8 Å². The Balaban J connectivity index is 2.97. The molecule has 0 bridgehead atoms. The highest BCUT2D eigenvalue weighted by Gasteiger charge is 2.12. The number of aliphatic hydroxyl groups excluding tert-OH is 1. The molecule has 1 rings (SSSR count). The van der Waals surface area contributed by atoms with Crippen molar-refractivity contribution in [3.8, 4) is 0 Å². The van der Waals surface area contributed by atoms with Gasteiger partial charge in [0, 0.05) is 17.9 Å². The Morgan fingerprint density at radius 1 is 1.47 bits per heavy atom. The Labute approximate surface area is 100 Å². The predicted octanol–water partition coefficient (Wildman–Crippen LogP) is 0.201. The van der Waals surface area contributed by atoms with E-state index in [0.29, 0.717) is 0 Å². The lowest BCUT2D eigenvalue weighted by molar-refractivity contribution is 0.0922. The van der Waals surface area contributed by atoms with Gasteiger partial charge in [0.25, 0.3) is 5.91 Å². The molecule has 5 nitrogen and oxygen atoms in total. The number of aliphatic hydroxyl groups is 1. The number of amides is 1. The molecule has 1 aromatic carbocycles. The highest BCUT2D eigenvalue weighted by molar-refractivity contribution is 7.90. The van der Waals surface area contributed by atoms with Crippen molar-refractivity contribution < 1.29 is 18.3 Å². The van der Waals surface area contributed by atoms with E-state index >= 15 is 0 Å². The first-order valence-electron chi connectivity index (χ1n) is 5.06. The van der Waals surface area contributed by atoms with Crippen LogP contribution in [0.1, 0.15) is 17.3 Å². The van der Waals surface area contributed by atoms with Gasteiger partial charge in [0.15, 0.2) is 9.84 Å². The lowest BCUT2D eigenvalue weighted by Gasteiger charge is -2.11. The van der Waals surface area contributed by atoms with Gasteiger partial charge < -0.3 is 10.4 Å². The third-order valence-corrected chi connectivity index (χ3v) is 3.29. The second-order valence-electron chi connectivity index (χ2n) is 3.86. The van der Waals surface area contributed by atoms with Crippen molar-refractivity contribution in [1.82, 2.24) is 5.32 Å². The zero-order valence-corrected chi connectivity index (χ0v) is 10.5. The van der Waals surface area contributed by atoms with E-state index in [-0.39, 0.29) is 23.1 Å². The third kappa shape index (κ3) is 3.83. The summed E-state index contributed by atoms with van der Waals surface area (Å²) in [5, 5.41) is 11.3. The van der Waals surface area contributed by atoms with Gasteiger partial charge in [-0.3, -0.25) is 4.79 Å². The fraction of sp³-hybridized carbons (Fsp3) is 0.364. The minimum atomic E-state index is -3.32. The molecule has 0 aromatic heterocycles. The zero-order chi connectivity index (χ0) is 13.1. The molecule has 0 aliphatic rings. The van der Waals surface area contributed by atoms with E-state index in [2.05, 4.69) is 5.32 Å². The van der Waals surface area contributed by atoms with Crippen LogP contribution in [-0.4, -0.2) is 38.3 Å². The van der Waals surface area contributed by atoms with Crippen LogP contribution >= 0.6 is 0 Å². The minimum absolute atomic E-state index is 0.0989. The summed E-state index contributed by atoms with van der Waals surface area (Å²) in [6, 6.07) is 5.41. The van der Waals surface area contributed by atoms with Crippen LogP contribution in [0.25, 0.3) is 0 Å². The second-order valence-corrected chi connectivity index (χ2v) is 5.87. The molecule has 0 fully saturated rings. The Kier molecular flexibility index (Phi) is 4.25. The minimum Gasteiger partial charge on any atom is -0.394 e. The number of rotatable bonds is 4. The zero-order valence-electron chi connectivity index (χ0n) is 9.67. The SMILES string of the molecule is C[C@@H](CO)NC(=O)c1cccc(S(C)(=O)=O)c1. The standard InChI is InChI=1S/C11H15NO4S/c1-8(7-13)12-11(14)9-4-3-5-10(6-9)17(2,15)16/h3-6,8,13H,7H2,1-2H3,(H,12,14)/t8-/m0/s1. The topological polar surface area (TPSA) is 83.5 Å². The molecule has 0 saturated heterocycles. The van der Waals surface area contributed by atoms with Gasteiger partial charge in [0.1, 0.15) is 0 Å². The molecule has 1 atom stereocenters. The van der Waals surface area contributed by atoms with E-state index in [1.807, 2.05) is 0 Å². The number of sulfone groups is 1. The fourth-order valence-electron chi connectivity index (χ4n) is 1.22. The van der Waals surface area contributed by atoms with Crippen molar-refractivity contribution in [3.63, 3.8) is 0 Å². The Morgan fingerprint density at radius 2 is 2.12 bits per heavy atom. The predicted molar refractivity (Wildman–Crippen MR) is 63.6 cm³/mol. The van der Waals surface area contributed by atoms with Crippen LogP contribution in [-0.2, 0) is 9.84 Å². The molecule has 0 saturated carbocycles. The highest BCUT2D eigenvalue weighted by atomic mass is 32.2. The Morgan fingerprint density at radius 3 is 2.65 bits per heavy atom. The second kappa shape index (κ2) is 5.29. The van der Waals surface area contributed by atoms with Crippen LogP contribution in [0.5, 0.6) is 0 Å². The van der Waals surface area contributed by atoms with E-state index in [4.69, 9.17) is 5.11 Å². The van der Waals surface area contributed by atoms with Crippen LogP contribution in [0.15, 0.2) is 29.2 Å². The largest absolute Gasteiger partial charge is 0.394 e. The fourth-order valence-corrected chi connectivity index (χ4v) is 1.89. The molecule has 94 valence electrons. The van der Waals surface area contributed by atoms with Crippen LogP contribution < -0.4 is 5.32 Å². The average molecular weight is 257 g/mol. The van der Waals surface area contributed by atoms with Crippen molar-refractivity contribution in [2.75, 3.05) is 12.9 Å². The van der Waals surface area contributed by atoms with Gasteiger partial charge in [-0.25, -0.2) is 8.42 Å². The first kappa shape index (κ1) is 13.7. The summed E-state index contributed by atoms with van der Waals surface area (Å²) in [4.78, 5) is 11.8. The van der Waals surface area contributed by atoms with Crippen molar-refractivity contribution in [2.45, 2.75) is 17.9 Å². The maximum absolute atomic E-state index is 11.7. The molecule has 0 aliphatic carbocycles. The molecule has 17 heavy (non-hydrogen) atoms. The van der Waals surface area contributed by atoms with Gasteiger partial charge in [-0.15, -0.1) is 0 Å². The number of hydrogen-bond acceptors (Lipinski definition) is 4. The molecule has 2 N–H and O–H groups in total. The lowest BCUT2D eigenvalue weighted by atomic mass is 10.2. The van der Waals surface area contributed by atoms with Gasteiger partial charge in [-0.2, -0.15) is 0 Å². The van der Waals surface area contributed by atoms with Crippen molar-refractivity contribution >= 4 is 15.7 Å². The summed E-state index contributed by atoms with van der Waals surface area (Å²) in [5.41, 5.74) is 0.258. The summed E-state index contributed by atoms with van der Waals surface area (Å²) in [5.74, 6) is -0.406. The highest BCUT2D eigenvalue weighted by Crippen LogP contribution is 2.11. The summed E-state index contributed by atoms with van der Waals surface area (Å²) in [7, 11) is -3.32. The number of carbonyl (C=O) groups excluding carboxylic acids is 1. The Bertz CT molecular complexity index is 510. The van der Waals surface area contributed by atoms with Crippen LogP contribution in [0.3, 0.4) is 0 Å². The van der Waals surface area contributed by atoms with E-state index < -0.39 is 15.7 Å². The van der Waals surface area contributed by atoms with E-state index in [9.17, 15) is 13.2 Å². The maximum atomic E-state index is 11.7. The molecular weight excluding hydrogens is 242 g/mol. The molecule has 1 amide bonds. The van der Waals surface area contributed by atoms with Gasteiger partial charge in [0.05, 0.1) is 11.5 Å².